The van der Waals surface area contributed by atoms with Crippen LogP contribution in [-0.2, 0) is 6.42 Å². The summed E-state index contributed by atoms with van der Waals surface area (Å²) in [6, 6.07) is 7.94. The van der Waals surface area contributed by atoms with Crippen LogP contribution >= 0.6 is 15.9 Å². The van der Waals surface area contributed by atoms with Gasteiger partial charge in [0.2, 0.25) is 0 Å². The molecule has 0 heterocycles. The van der Waals surface area contributed by atoms with Crippen molar-refractivity contribution in [1.29, 1.82) is 0 Å². The minimum Gasteiger partial charge on any atom is -0.393 e. The number of aliphatic hydroxyl groups excluding tert-OH is 1. The molecule has 0 amide bonds. The Morgan fingerprint density at radius 2 is 2.09 bits per heavy atom. The van der Waals surface area contributed by atoms with E-state index in [-0.39, 0.29) is 6.10 Å². The minimum absolute atomic E-state index is 0.270. The Labute approximate surface area is 75.2 Å². The highest BCUT2D eigenvalue weighted by Gasteiger charge is 2.01. The van der Waals surface area contributed by atoms with Crippen LogP contribution in [0.5, 0.6) is 0 Å². The molecule has 2 heteroatoms. The predicted molar refractivity (Wildman–Crippen MR) is 49.5 cm³/mol. The highest BCUT2D eigenvalue weighted by atomic mass is 79.9. The Bertz CT molecular complexity index is 233. The Balaban J connectivity index is 2.78. The molecule has 0 spiro atoms. The van der Waals surface area contributed by atoms with E-state index in [2.05, 4.69) is 15.9 Å². The minimum atomic E-state index is -0.270. The summed E-state index contributed by atoms with van der Waals surface area (Å²) in [5.74, 6) is 0. The lowest BCUT2D eigenvalue weighted by Crippen LogP contribution is -2.04. The first-order chi connectivity index (χ1) is 5.20. The van der Waals surface area contributed by atoms with Crippen molar-refractivity contribution in [3.8, 4) is 0 Å². The molecular formula is C9H11BrO. The molecular weight excluding hydrogens is 204 g/mol. The lowest BCUT2D eigenvalue weighted by molar-refractivity contribution is 0.195. The highest BCUT2D eigenvalue weighted by Crippen LogP contribution is 2.17. The van der Waals surface area contributed by atoms with Crippen molar-refractivity contribution in [3.63, 3.8) is 0 Å². The number of hydrogen-bond acceptors (Lipinski definition) is 1. The molecule has 1 unspecified atom stereocenters. The largest absolute Gasteiger partial charge is 0.393 e. The maximum atomic E-state index is 9.11. The Hall–Kier alpha value is -0.340. The summed E-state index contributed by atoms with van der Waals surface area (Å²) in [6.45, 7) is 1.79. The first kappa shape index (κ1) is 8.75. The molecule has 0 aromatic heterocycles. The van der Waals surface area contributed by atoms with Gasteiger partial charge < -0.3 is 5.11 Å². The zero-order valence-corrected chi connectivity index (χ0v) is 8.01. The molecule has 1 N–H and O–H groups in total. The van der Waals surface area contributed by atoms with E-state index in [0.717, 1.165) is 10.0 Å². The van der Waals surface area contributed by atoms with Crippen molar-refractivity contribution in [2.24, 2.45) is 0 Å². The fraction of sp³-hybridized carbons (Fsp3) is 0.333. The van der Waals surface area contributed by atoms with Crippen LogP contribution in [0.25, 0.3) is 0 Å². The third-order valence-corrected chi connectivity index (χ3v) is 2.25. The van der Waals surface area contributed by atoms with Gasteiger partial charge in [0, 0.05) is 4.47 Å². The van der Waals surface area contributed by atoms with Crippen LogP contribution in [0.15, 0.2) is 28.7 Å². The summed E-state index contributed by atoms with van der Waals surface area (Å²) in [5, 5.41) is 9.11. The summed E-state index contributed by atoms with van der Waals surface area (Å²) in [4.78, 5) is 0. The monoisotopic (exact) mass is 214 g/mol. The van der Waals surface area contributed by atoms with Crippen LogP contribution in [0, 0.1) is 0 Å². The molecule has 0 saturated carbocycles. The van der Waals surface area contributed by atoms with Gasteiger partial charge in [-0.05, 0) is 25.0 Å². The second kappa shape index (κ2) is 3.88. The lowest BCUT2D eigenvalue weighted by Gasteiger charge is -2.05. The number of hydrogen-bond donors (Lipinski definition) is 1. The molecule has 1 aromatic carbocycles. The first-order valence-electron chi connectivity index (χ1n) is 3.61. The first-order valence-corrected chi connectivity index (χ1v) is 4.41. The SMILES string of the molecule is CC(O)Cc1ccccc1Br. The zero-order valence-electron chi connectivity index (χ0n) is 6.42. The second-order valence-corrected chi connectivity index (χ2v) is 3.50. The van der Waals surface area contributed by atoms with Crippen LogP contribution in [0.3, 0.4) is 0 Å². The van der Waals surface area contributed by atoms with Gasteiger partial charge in [0.15, 0.2) is 0 Å². The number of aliphatic hydroxyl groups is 1. The molecule has 0 fully saturated rings. The molecule has 0 radical (unpaired) electrons. The topological polar surface area (TPSA) is 20.2 Å². The summed E-state index contributed by atoms with van der Waals surface area (Å²) in [7, 11) is 0. The van der Waals surface area contributed by atoms with Gasteiger partial charge in [-0.25, -0.2) is 0 Å². The van der Waals surface area contributed by atoms with Gasteiger partial charge in [-0.15, -0.1) is 0 Å². The van der Waals surface area contributed by atoms with Gasteiger partial charge in [0.05, 0.1) is 6.10 Å². The van der Waals surface area contributed by atoms with Crippen LogP contribution < -0.4 is 0 Å². The molecule has 0 saturated heterocycles. The van der Waals surface area contributed by atoms with Crippen molar-refractivity contribution < 1.29 is 5.11 Å². The van der Waals surface area contributed by atoms with Gasteiger partial charge in [-0.3, -0.25) is 0 Å². The van der Waals surface area contributed by atoms with Crippen LogP contribution in [0.2, 0.25) is 0 Å². The van der Waals surface area contributed by atoms with Crippen molar-refractivity contribution in [1.82, 2.24) is 0 Å². The van der Waals surface area contributed by atoms with E-state index in [0.29, 0.717) is 6.42 Å². The van der Waals surface area contributed by atoms with Crippen LogP contribution in [0.4, 0.5) is 0 Å². The molecule has 1 aromatic rings. The molecule has 1 atom stereocenters. The van der Waals surface area contributed by atoms with Gasteiger partial charge in [-0.1, -0.05) is 34.1 Å². The average molecular weight is 215 g/mol. The lowest BCUT2D eigenvalue weighted by atomic mass is 10.1. The van der Waals surface area contributed by atoms with E-state index < -0.39 is 0 Å². The standard InChI is InChI=1S/C9H11BrO/c1-7(11)6-8-4-2-3-5-9(8)10/h2-5,7,11H,6H2,1H3. The quantitative estimate of drug-likeness (QED) is 0.802. The van der Waals surface area contributed by atoms with Gasteiger partial charge in [-0.2, -0.15) is 0 Å². The summed E-state index contributed by atoms with van der Waals surface area (Å²) < 4.78 is 1.07. The smallest absolute Gasteiger partial charge is 0.0552 e. The van der Waals surface area contributed by atoms with E-state index in [4.69, 9.17) is 5.11 Å². The summed E-state index contributed by atoms with van der Waals surface area (Å²) >= 11 is 3.41. The second-order valence-electron chi connectivity index (χ2n) is 2.64. The van der Waals surface area contributed by atoms with Crippen LogP contribution in [0.1, 0.15) is 12.5 Å². The third kappa shape index (κ3) is 2.64. The Morgan fingerprint density at radius 3 is 2.64 bits per heavy atom. The van der Waals surface area contributed by atoms with Crippen molar-refractivity contribution in [2.75, 3.05) is 0 Å². The Kier molecular flexibility index (Phi) is 3.09. The van der Waals surface area contributed by atoms with E-state index >= 15 is 0 Å². The maximum absolute atomic E-state index is 9.11. The molecule has 0 aliphatic rings. The third-order valence-electron chi connectivity index (χ3n) is 1.47. The molecule has 11 heavy (non-hydrogen) atoms. The molecule has 0 aliphatic carbocycles. The fourth-order valence-electron chi connectivity index (χ4n) is 0.982. The van der Waals surface area contributed by atoms with Crippen molar-refractivity contribution in [2.45, 2.75) is 19.4 Å². The number of benzene rings is 1. The summed E-state index contributed by atoms with van der Waals surface area (Å²) in [5.41, 5.74) is 1.16. The molecule has 0 bridgehead atoms. The van der Waals surface area contributed by atoms with E-state index in [1.54, 1.807) is 6.92 Å². The molecule has 1 nitrogen and oxygen atoms in total. The highest BCUT2D eigenvalue weighted by molar-refractivity contribution is 9.10. The zero-order chi connectivity index (χ0) is 8.27. The van der Waals surface area contributed by atoms with E-state index in [1.165, 1.54) is 0 Å². The van der Waals surface area contributed by atoms with Gasteiger partial charge in [0.1, 0.15) is 0 Å². The molecule has 0 aliphatic heterocycles. The van der Waals surface area contributed by atoms with Crippen molar-refractivity contribution >= 4 is 15.9 Å². The van der Waals surface area contributed by atoms with Gasteiger partial charge in [0.25, 0.3) is 0 Å². The van der Waals surface area contributed by atoms with Crippen LogP contribution in [-0.4, -0.2) is 11.2 Å². The van der Waals surface area contributed by atoms with E-state index in [1.807, 2.05) is 24.3 Å². The predicted octanol–water partition coefficient (Wildman–Crippen LogP) is 2.37. The van der Waals surface area contributed by atoms with Gasteiger partial charge >= 0.3 is 0 Å². The molecule has 60 valence electrons. The van der Waals surface area contributed by atoms with E-state index in [9.17, 15) is 0 Å². The fourth-order valence-corrected chi connectivity index (χ4v) is 1.43. The number of rotatable bonds is 2. The maximum Gasteiger partial charge on any atom is 0.0552 e. The average Bonchev–Trinajstić information content (AvgIpc) is 1.93. The van der Waals surface area contributed by atoms with Crippen molar-refractivity contribution in [3.05, 3.63) is 34.3 Å². The number of halogens is 1. The Morgan fingerprint density at radius 1 is 1.45 bits per heavy atom. The normalized spacial score (nSPS) is 13.0. The molecule has 1 rings (SSSR count). The summed E-state index contributed by atoms with van der Waals surface area (Å²) in [6.07, 6.45) is 0.440.